The number of benzene rings is 3. The Bertz CT molecular complexity index is 1690. The third-order valence-electron chi connectivity index (χ3n) is 7.68. The molecular weight excluding hydrogens is 598 g/mol. The van der Waals surface area contributed by atoms with Crippen molar-refractivity contribution < 1.29 is 28.2 Å². The number of unbranched alkanes of at least 4 members (excludes halogenated alkanes) is 1. The van der Waals surface area contributed by atoms with Gasteiger partial charge in [-0.15, -0.1) is 0 Å². The molecule has 45 heavy (non-hydrogen) atoms. The van der Waals surface area contributed by atoms with Gasteiger partial charge in [0.1, 0.15) is 17.7 Å². The molecule has 0 saturated carbocycles. The van der Waals surface area contributed by atoms with E-state index in [9.17, 15) is 9.59 Å². The van der Waals surface area contributed by atoms with Crippen molar-refractivity contribution in [2.45, 2.75) is 51.2 Å². The summed E-state index contributed by atoms with van der Waals surface area (Å²) in [6, 6.07) is 14.3. The van der Waals surface area contributed by atoms with Crippen LogP contribution in [0.3, 0.4) is 0 Å². The van der Waals surface area contributed by atoms with E-state index in [1.165, 1.54) is 24.3 Å². The number of aryl methyl sites for hydroxylation is 2. The van der Waals surface area contributed by atoms with Crippen molar-refractivity contribution >= 4 is 35.0 Å². The van der Waals surface area contributed by atoms with Gasteiger partial charge in [0, 0.05) is 46.9 Å². The van der Waals surface area contributed by atoms with Crippen molar-refractivity contribution in [2.75, 3.05) is 11.5 Å². The lowest BCUT2D eigenvalue weighted by Crippen LogP contribution is -2.30. The number of carboxylic acids is 1. The van der Waals surface area contributed by atoms with Gasteiger partial charge in [-0.2, -0.15) is 11.8 Å². The second-order valence-electron chi connectivity index (χ2n) is 10.8. The average Bonchev–Trinajstić information content (AvgIpc) is 3.71. The van der Waals surface area contributed by atoms with Crippen LogP contribution in [0.15, 0.2) is 72.7 Å². The highest BCUT2D eigenvalue weighted by Crippen LogP contribution is 2.37. The normalized spacial score (nSPS) is 14.8. The van der Waals surface area contributed by atoms with E-state index in [2.05, 4.69) is 27.9 Å². The van der Waals surface area contributed by atoms with E-state index in [1.54, 1.807) is 18.5 Å². The molecule has 4 aromatic rings. The van der Waals surface area contributed by atoms with Crippen molar-refractivity contribution in [2.24, 2.45) is 0 Å². The second kappa shape index (κ2) is 15.0. The molecule has 1 aromatic heterocycles. The molecule has 2 heterocycles. The van der Waals surface area contributed by atoms with Crippen LogP contribution >= 0.6 is 11.8 Å². The average molecular weight is 635 g/mol. The van der Waals surface area contributed by atoms with Crippen LogP contribution < -0.4 is 20.7 Å². The minimum Gasteiger partial charge on any atom is -0.481 e. The molecule has 0 saturated heterocycles. The number of aliphatic carboxylic acids is 1. The highest BCUT2D eigenvalue weighted by Gasteiger charge is 2.27. The molecule has 5 N–H and O–H groups in total. The van der Waals surface area contributed by atoms with Crippen molar-refractivity contribution in [1.29, 1.82) is 0 Å². The molecule has 5 rings (SSSR count). The Labute approximate surface area is 264 Å². The second-order valence-corrected chi connectivity index (χ2v) is 12.0. The molecule has 2 atom stereocenters. The number of halogens is 2. The van der Waals surface area contributed by atoms with Gasteiger partial charge in [0.25, 0.3) is 0 Å². The van der Waals surface area contributed by atoms with Crippen molar-refractivity contribution in [3.63, 3.8) is 0 Å². The SMILES string of the molecule is CCCCSCCc1c(Oc2ccc(F)c(C3NC=C(C(NC=O)c4cccc(CCC(=O)O)c4)N3)c2)c(F)cc2[nH]ccc12. The summed E-state index contributed by atoms with van der Waals surface area (Å²) in [6.07, 6.45) is 6.52. The minimum absolute atomic E-state index is 0.0140. The Hall–Kier alpha value is -4.51. The van der Waals surface area contributed by atoms with Gasteiger partial charge in [0.15, 0.2) is 11.6 Å². The monoisotopic (exact) mass is 634 g/mol. The van der Waals surface area contributed by atoms with Crippen LogP contribution in [0, 0.1) is 11.6 Å². The summed E-state index contributed by atoms with van der Waals surface area (Å²) in [7, 11) is 0. The van der Waals surface area contributed by atoms with Gasteiger partial charge in [-0.25, -0.2) is 8.78 Å². The molecule has 11 heteroatoms. The fourth-order valence-corrected chi connectivity index (χ4v) is 6.44. The Morgan fingerprint density at radius 3 is 2.78 bits per heavy atom. The smallest absolute Gasteiger partial charge is 0.303 e. The molecule has 236 valence electrons. The minimum atomic E-state index is -0.895. The number of carbonyl (C=O) groups is 2. The zero-order valence-electron chi connectivity index (χ0n) is 24.9. The zero-order valence-corrected chi connectivity index (χ0v) is 25.7. The molecule has 0 aliphatic carbocycles. The van der Waals surface area contributed by atoms with Gasteiger partial charge in [-0.3, -0.25) is 9.59 Å². The van der Waals surface area contributed by atoms with Gasteiger partial charge < -0.3 is 30.8 Å². The topological polar surface area (TPSA) is 115 Å². The molecule has 8 nitrogen and oxygen atoms in total. The number of rotatable bonds is 16. The first-order chi connectivity index (χ1) is 21.9. The first-order valence-corrected chi connectivity index (χ1v) is 16.1. The maximum atomic E-state index is 15.4. The third-order valence-corrected chi connectivity index (χ3v) is 8.75. The maximum Gasteiger partial charge on any atom is 0.303 e. The molecule has 1 aliphatic rings. The lowest BCUT2D eigenvalue weighted by molar-refractivity contribution is -0.137. The molecule has 0 radical (unpaired) electrons. The van der Waals surface area contributed by atoms with Crippen LogP contribution in [0.25, 0.3) is 10.9 Å². The van der Waals surface area contributed by atoms with Crippen molar-refractivity contribution in [3.05, 3.63) is 107 Å². The van der Waals surface area contributed by atoms with E-state index in [0.717, 1.165) is 46.4 Å². The number of nitrogens with one attached hydrogen (secondary N) is 4. The Kier molecular flexibility index (Phi) is 10.6. The van der Waals surface area contributed by atoms with Crippen LogP contribution in [0.2, 0.25) is 0 Å². The standard InChI is InChI=1S/C34H36F2N4O4S/c1-2-3-14-45-15-12-25-24-11-13-37-29(24)18-28(36)33(25)44-23-8-9-27(35)26(17-23)34-38-19-30(40-34)32(39-20-41)22-6-4-5-21(16-22)7-10-31(42)43/h4-6,8-9,11,13,16-20,32,34,37-38,40H,2-3,7,10,12,14-15H2,1H3,(H,39,41)(H,42,43). The molecule has 0 fully saturated rings. The van der Waals surface area contributed by atoms with Crippen LogP contribution in [0.1, 0.15) is 60.6 Å². The number of aromatic nitrogens is 1. The summed E-state index contributed by atoms with van der Waals surface area (Å²) in [6.45, 7) is 2.15. The van der Waals surface area contributed by atoms with Crippen molar-refractivity contribution in [3.8, 4) is 11.5 Å². The number of hydrogen-bond donors (Lipinski definition) is 5. The maximum absolute atomic E-state index is 15.4. The van der Waals surface area contributed by atoms with Crippen molar-refractivity contribution in [1.82, 2.24) is 20.9 Å². The zero-order chi connectivity index (χ0) is 31.8. The highest BCUT2D eigenvalue weighted by atomic mass is 32.2. The summed E-state index contributed by atoms with van der Waals surface area (Å²) in [5.74, 6) is 0.374. The summed E-state index contributed by atoms with van der Waals surface area (Å²) in [5, 5.41) is 19.1. The molecule has 0 spiro atoms. The number of ether oxygens (including phenoxy) is 1. The van der Waals surface area contributed by atoms with Gasteiger partial charge >= 0.3 is 5.97 Å². The number of fused-ring (bicyclic) bond motifs is 1. The van der Waals surface area contributed by atoms with Gasteiger partial charge in [0.05, 0.1) is 11.7 Å². The fourth-order valence-electron chi connectivity index (χ4n) is 5.40. The predicted molar refractivity (Wildman–Crippen MR) is 172 cm³/mol. The summed E-state index contributed by atoms with van der Waals surface area (Å²) in [4.78, 5) is 25.6. The molecular formula is C34H36F2N4O4S. The lowest BCUT2D eigenvalue weighted by atomic mass is 9.99. The quantitative estimate of drug-likeness (QED) is 0.0676. The Morgan fingerprint density at radius 1 is 1.11 bits per heavy atom. The predicted octanol–water partition coefficient (Wildman–Crippen LogP) is 6.85. The number of aromatic amines is 1. The van der Waals surface area contributed by atoms with Crippen LogP contribution in [0.5, 0.6) is 11.5 Å². The van der Waals surface area contributed by atoms with Gasteiger partial charge in [-0.1, -0.05) is 37.6 Å². The number of amides is 1. The van der Waals surface area contributed by atoms with E-state index in [0.29, 0.717) is 30.5 Å². The van der Waals surface area contributed by atoms with Crippen LogP contribution in [0.4, 0.5) is 8.78 Å². The lowest BCUT2D eigenvalue weighted by Gasteiger charge is -2.22. The van der Waals surface area contributed by atoms with E-state index in [4.69, 9.17) is 9.84 Å². The van der Waals surface area contributed by atoms with Gasteiger partial charge in [0.2, 0.25) is 6.41 Å². The van der Waals surface area contributed by atoms with E-state index in [-0.39, 0.29) is 23.5 Å². The van der Waals surface area contributed by atoms with E-state index in [1.807, 2.05) is 36.0 Å². The summed E-state index contributed by atoms with van der Waals surface area (Å²) in [5.41, 5.74) is 3.83. The molecule has 2 unspecified atom stereocenters. The number of carboxylic acid groups (broad SMARTS) is 1. The molecule has 1 aliphatic heterocycles. The van der Waals surface area contributed by atoms with E-state index >= 15 is 8.78 Å². The largest absolute Gasteiger partial charge is 0.481 e. The Morgan fingerprint density at radius 2 is 1.98 bits per heavy atom. The number of thioether (sulfide) groups is 1. The highest BCUT2D eigenvalue weighted by molar-refractivity contribution is 7.99. The van der Waals surface area contributed by atoms with Gasteiger partial charge in [-0.05, 0) is 66.2 Å². The van der Waals surface area contributed by atoms with Crippen LogP contribution in [-0.2, 0) is 22.4 Å². The summed E-state index contributed by atoms with van der Waals surface area (Å²) < 4.78 is 36.8. The first-order valence-electron chi connectivity index (χ1n) is 14.9. The first kappa shape index (κ1) is 31.9. The Balaban J connectivity index is 1.35. The number of hydrogen-bond acceptors (Lipinski definition) is 6. The molecule has 1 amide bonds. The molecule has 0 bridgehead atoms. The number of H-pyrrole nitrogens is 1. The summed E-state index contributed by atoms with van der Waals surface area (Å²) >= 11 is 1.82. The fraction of sp³-hybridized carbons (Fsp3) is 0.294. The number of carbonyl (C=O) groups excluding carboxylic acids is 1. The van der Waals surface area contributed by atoms with E-state index < -0.39 is 29.8 Å². The van der Waals surface area contributed by atoms with Crippen LogP contribution in [-0.4, -0.2) is 34.0 Å². The third kappa shape index (κ3) is 7.78. The molecule has 3 aromatic carbocycles.